The minimum absolute atomic E-state index is 0.162. The Balaban J connectivity index is 3.66. The Morgan fingerprint density at radius 3 is 1.46 bits per heavy atom. The fraction of sp³-hybridized carbons (Fsp3) is 0.591. The molecule has 8 nitrogen and oxygen atoms in total. The summed E-state index contributed by atoms with van der Waals surface area (Å²) >= 11 is 0. The molecule has 294 valence electrons. The summed E-state index contributed by atoms with van der Waals surface area (Å²) in [5, 5.41) is 21.2. The number of carbonyl (C=O) groups is 2. The van der Waals surface area contributed by atoms with Gasteiger partial charge in [0.25, 0.3) is 0 Å². The Labute approximate surface area is 316 Å². The largest absolute Gasteiger partial charge is 0.545 e. The van der Waals surface area contributed by atoms with E-state index in [1.807, 2.05) is 21.1 Å². The number of nitrogens with zero attached hydrogens (tertiary/aromatic N) is 1. The summed E-state index contributed by atoms with van der Waals surface area (Å²) in [6.45, 7) is 2.30. The van der Waals surface area contributed by atoms with Crippen LogP contribution in [-0.4, -0.2) is 81.4 Å². The average molecular weight is 726 g/mol. The fourth-order valence-corrected chi connectivity index (χ4v) is 4.55. The Morgan fingerprint density at radius 2 is 1.02 bits per heavy atom. The third-order valence-electron chi connectivity index (χ3n) is 7.58. The number of aliphatic hydroxyl groups excluding tert-OH is 1. The van der Waals surface area contributed by atoms with Crippen molar-refractivity contribution >= 4 is 11.9 Å². The second-order valence-corrected chi connectivity index (χ2v) is 13.7. The molecular formula is C44H71NO7. The van der Waals surface area contributed by atoms with Crippen LogP contribution in [0.15, 0.2) is 97.2 Å². The van der Waals surface area contributed by atoms with Crippen molar-refractivity contribution in [3.05, 3.63) is 97.2 Å². The molecule has 8 heteroatoms. The molecule has 0 fully saturated rings. The number of ether oxygens (including phenoxy) is 3. The fourth-order valence-electron chi connectivity index (χ4n) is 4.55. The van der Waals surface area contributed by atoms with E-state index in [1.165, 1.54) is 12.8 Å². The van der Waals surface area contributed by atoms with Gasteiger partial charge in [-0.15, -0.1) is 0 Å². The van der Waals surface area contributed by atoms with Gasteiger partial charge in [0.1, 0.15) is 19.3 Å². The van der Waals surface area contributed by atoms with Gasteiger partial charge in [-0.2, -0.15) is 0 Å². The van der Waals surface area contributed by atoms with Gasteiger partial charge in [-0.25, -0.2) is 0 Å². The minimum Gasteiger partial charge on any atom is -0.545 e. The van der Waals surface area contributed by atoms with Gasteiger partial charge >= 0.3 is 5.97 Å². The Bertz CT molecular complexity index is 1110. The third kappa shape index (κ3) is 37.9. The summed E-state index contributed by atoms with van der Waals surface area (Å²) in [5.74, 6) is -1.90. The van der Waals surface area contributed by atoms with Crippen molar-refractivity contribution in [3.63, 3.8) is 0 Å². The van der Waals surface area contributed by atoms with E-state index in [-0.39, 0.29) is 25.8 Å². The summed E-state index contributed by atoms with van der Waals surface area (Å²) in [6, 6.07) is 0. The zero-order valence-electron chi connectivity index (χ0n) is 32.9. The first-order chi connectivity index (χ1) is 25.2. The van der Waals surface area contributed by atoms with Crippen molar-refractivity contribution in [1.82, 2.24) is 0 Å². The van der Waals surface area contributed by atoms with Crippen LogP contribution >= 0.6 is 0 Å². The highest BCUT2D eigenvalue weighted by Gasteiger charge is 2.17. The van der Waals surface area contributed by atoms with Gasteiger partial charge in [0.05, 0.1) is 40.3 Å². The van der Waals surface area contributed by atoms with E-state index in [4.69, 9.17) is 14.2 Å². The molecule has 0 spiro atoms. The van der Waals surface area contributed by atoms with Crippen LogP contribution in [0.25, 0.3) is 0 Å². The summed E-state index contributed by atoms with van der Waals surface area (Å²) in [6.07, 6.45) is 48.5. The Hall–Kier alpha value is -3.30. The summed E-state index contributed by atoms with van der Waals surface area (Å²) in [7, 11) is 5.85. The second kappa shape index (κ2) is 36.1. The number of quaternary nitrogens is 1. The summed E-state index contributed by atoms with van der Waals surface area (Å²) < 4.78 is 16.0. The van der Waals surface area contributed by atoms with Crippen LogP contribution in [0, 0.1) is 0 Å². The molecule has 0 heterocycles. The average Bonchev–Trinajstić information content (AvgIpc) is 3.10. The van der Waals surface area contributed by atoms with Crippen LogP contribution in [0.5, 0.6) is 0 Å². The maximum Gasteiger partial charge on any atom is 0.305 e. The van der Waals surface area contributed by atoms with E-state index < -0.39 is 18.4 Å². The first-order valence-electron chi connectivity index (χ1n) is 19.4. The number of aliphatic hydroxyl groups is 1. The lowest BCUT2D eigenvalue weighted by molar-refractivity contribution is -0.870. The quantitative estimate of drug-likeness (QED) is 0.0234. The monoisotopic (exact) mass is 726 g/mol. The van der Waals surface area contributed by atoms with Crippen molar-refractivity contribution < 1.29 is 38.5 Å². The van der Waals surface area contributed by atoms with Gasteiger partial charge in [0.15, 0.2) is 6.29 Å². The number of carboxylic acids is 1. The number of rotatable bonds is 34. The highest BCUT2D eigenvalue weighted by molar-refractivity contribution is 5.69. The molecule has 0 rings (SSSR count). The van der Waals surface area contributed by atoms with E-state index in [2.05, 4.69) is 104 Å². The molecule has 0 aromatic rings. The lowest BCUT2D eigenvalue weighted by atomic mass is 10.1. The van der Waals surface area contributed by atoms with Gasteiger partial charge in [-0.05, 0) is 70.6 Å². The minimum atomic E-state index is -1.58. The topological polar surface area (TPSA) is 105 Å². The predicted octanol–water partition coefficient (Wildman–Crippen LogP) is 8.42. The maximum atomic E-state index is 12.0. The Kier molecular flexibility index (Phi) is 33.8. The van der Waals surface area contributed by atoms with Gasteiger partial charge < -0.3 is 33.7 Å². The molecular weight excluding hydrogens is 654 g/mol. The number of unbranched alkanes of at least 4 members (excludes halogenated alkanes) is 6. The van der Waals surface area contributed by atoms with E-state index >= 15 is 0 Å². The normalized spacial score (nSPS) is 14.2. The van der Waals surface area contributed by atoms with Crippen molar-refractivity contribution in [2.75, 3.05) is 47.5 Å². The first-order valence-corrected chi connectivity index (χ1v) is 19.4. The number of hydrogen-bond acceptors (Lipinski definition) is 7. The van der Waals surface area contributed by atoms with Crippen LogP contribution in [0.3, 0.4) is 0 Å². The van der Waals surface area contributed by atoms with Crippen LogP contribution < -0.4 is 5.11 Å². The molecule has 0 aromatic carbocycles. The maximum absolute atomic E-state index is 12.0. The van der Waals surface area contributed by atoms with Crippen molar-refractivity contribution in [1.29, 1.82) is 0 Å². The van der Waals surface area contributed by atoms with E-state index in [1.54, 1.807) is 0 Å². The number of likely N-dealkylation sites (N-methyl/N-ethyl adjacent to an activating group) is 1. The Morgan fingerprint density at radius 1 is 0.596 bits per heavy atom. The molecule has 2 atom stereocenters. The standard InChI is InChI=1S/C44H71NO7/c1-5-6-7-8-9-10-11-12-13-14-15-16-17-18-19-20-21-22-23-24-25-26-27-28-29-30-31-32-33-34-35-36-42(47)51-39-41(46)40-52-44(43(48)49)50-38-37-45(2,3)4/h6-7,9-10,12-13,15-16,18-19,21-22,24-25,27-28,41,44,46H,5,8,11,14,17,20,23,26,29-40H2,1-4H3/b7-6-,10-9-,13-12-,16-15-,19-18-,22-21-,25-24-,28-27-. The van der Waals surface area contributed by atoms with E-state index in [0.29, 0.717) is 17.4 Å². The van der Waals surface area contributed by atoms with Gasteiger partial charge in [0, 0.05) is 6.42 Å². The molecule has 1 N–H and O–H groups in total. The van der Waals surface area contributed by atoms with Crippen molar-refractivity contribution in [2.24, 2.45) is 0 Å². The highest BCUT2D eigenvalue weighted by atomic mass is 16.7. The molecule has 0 saturated carbocycles. The molecule has 0 aromatic heterocycles. The summed E-state index contributed by atoms with van der Waals surface area (Å²) in [5.41, 5.74) is 0. The molecule has 52 heavy (non-hydrogen) atoms. The molecule has 0 amide bonds. The molecule has 0 radical (unpaired) electrons. The molecule has 0 saturated heterocycles. The van der Waals surface area contributed by atoms with Gasteiger partial charge in [0.2, 0.25) is 0 Å². The van der Waals surface area contributed by atoms with Crippen LogP contribution in [0.4, 0.5) is 0 Å². The molecule has 2 unspecified atom stereocenters. The number of hydrogen-bond donors (Lipinski definition) is 1. The second-order valence-electron chi connectivity index (χ2n) is 13.7. The lowest BCUT2D eigenvalue weighted by Crippen LogP contribution is -2.44. The zero-order chi connectivity index (χ0) is 38.4. The van der Waals surface area contributed by atoms with Gasteiger partial charge in [-0.1, -0.05) is 130 Å². The smallest absolute Gasteiger partial charge is 0.305 e. The predicted molar refractivity (Wildman–Crippen MR) is 213 cm³/mol. The van der Waals surface area contributed by atoms with Crippen LogP contribution in [0.1, 0.15) is 110 Å². The molecule has 0 aliphatic carbocycles. The van der Waals surface area contributed by atoms with E-state index in [0.717, 1.165) is 83.5 Å². The number of carbonyl (C=O) groups excluding carboxylic acids is 2. The first kappa shape index (κ1) is 48.7. The van der Waals surface area contributed by atoms with E-state index in [9.17, 15) is 19.8 Å². The summed E-state index contributed by atoms with van der Waals surface area (Å²) in [4.78, 5) is 23.2. The number of carboxylic acid groups (broad SMARTS) is 1. The highest BCUT2D eigenvalue weighted by Crippen LogP contribution is 2.10. The van der Waals surface area contributed by atoms with Crippen molar-refractivity contribution in [2.45, 2.75) is 122 Å². The number of allylic oxidation sites excluding steroid dienone is 16. The third-order valence-corrected chi connectivity index (χ3v) is 7.58. The number of esters is 1. The van der Waals surface area contributed by atoms with Crippen LogP contribution in [-0.2, 0) is 23.8 Å². The lowest BCUT2D eigenvalue weighted by Gasteiger charge is -2.26. The van der Waals surface area contributed by atoms with Gasteiger partial charge in [-0.3, -0.25) is 4.79 Å². The van der Waals surface area contributed by atoms with Crippen molar-refractivity contribution in [3.8, 4) is 0 Å². The van der Waals surface area contributed by atoms with Crippen LogP contribution in [0.2, 0.25) is 0 Å². The molecule has 0 aliphatic heterocycles. The molecule has 0 aliphatic rings. The SMILES string of the molecule is CC/C=C\C/C=C\C/C=C\C/C=C\C/C=C\C/C=C\C/C=C\C/C=C\CCCCCCCCC(=O)OCC(O)COC(OCC[N+](C)(C)C)C(=O)[O-]. The molecule has 0 bridgehead atoms. The number of aliphatic carboxylic acids is 1. The zero-order valence-corrected chi connectivity index (χ0v) is 32.9.